The van der Waals surface area contributed by atoms with Gasteiger partial charge in [0.1, 0.15) is 11.4 Å². The fourth-order valence-electron chi connectivity index (χ4n) is 4.58. The number of benzene rings is 1. The van der Waals surface area contributed by atoms with Crippen LogP contribution in [0.3, 0.4) is 0 Å². The Morgan fingerprint density at radius 2 is 1.94 bits per heavy atom. The van der Waals surface area contributed by atoms with E-state index in [-0.39, 0.29) is 5.91 Å². The lowest BCUT2D eigenvalue weighted by Crippen LogP contribution is -2.48. The highest BCUT2D eigenvalue weighted by Crippen LogP contribution is 2.24. The number of rotatable bonds is 5. The fraction of sp³-hybridized carbons (Fsp3) is 0.360. The highest BCUT2D eigenvalue weighted by molar-refractivity contribution is 5.89. The van der Waals surface area contributed by atoms with Gasteiger partial charge >= 0.3 is 0 Å². The summed E-state index contributed by atoms with van der Waals surface area (Å²) in [6.45, 7) is 8.25. The third-order valence-corrected chi connectivity index (χ3v) is 6.50. The number of carbonyl (C=O) groups excluding carboxylic acids is 1. The summed E-state index contributed by atoms with van der Waals surface area (Å²) in [4.78, 5) is 25.4. The zero-order chi connectivity index (χ0) is 22.2. The molecule has 32 heavy (non-hydrogen) atoms. The number of nitrogens with one attached hydrogen (secondary N) is 1. The molecule has 3 aromatic heterocycles. The molecule has 1 aliphatic rings. The number of piperazine rings is 1. The molecule has 0 radical (unpaired) electrons. The molecular formula is C25H29N5O2. The van der Waals surface area contributed by atoms with Crippen LogP contribution in [0.25, 0.3) is 16.6 Å². The van der Waals surface area contributed by atoms with Crippen molar-refractivity contribution in [1.82, 2.24) is 24.2 Å². The molecule has 0 saturated carbocycles. The molecule has 0 spiro atoms. The molecule has 5 rings (SSSR count). The van der Waals surface area contributed by atoms with Crippen molar-refractivity contribution in [2.45, 2.75) is 26.8 Å². The van der Waals surface area contributed by atoms with Gasteiger partial charge in [0.2, 0.25) is 5.91 Å². The molecule has 7 nitrogen and oxygen atoms in total. The molecule has 1 N–H and O–H groups in total. The topological polar surface area (TPSA) is 65.9 Å². The number of methoxy groups -OCH3 is 1. The maximum absolute atomic E-state index is 13.0. The van der Waals surface area contributed by atoms with E-state index >= 15 is 0 Å². The van der Waals surface area contributed by atoms with Crippen LogP contribution in [0.2, 0.25) is 0 Å². The van der Waals surface area contributed by atoms with Crippen LogP contribution in [-0.4, -0.2) is 63.4 Å². The highest BCUT2D eigenvalue weighted by atomic mass is 16.5. The van der Waals surface area contributed by atoms with Gasteiger partial charge in [-0.15, -0.1) is 0 Å². The van der Waals surface area contributed by atoms with Crippen LogP contribution in [0, 0.1) is 13.8 Å². The number of aryl methyl sites for hydroxylation is 2. The summed E-state index contributed by atoms with van der Waals surface area (Å²) in [5, 5.41) is 1.05. The van der Waals surface area contributed by atoms with E-state index < -0.39 is 0 Å². The monoisotopic (exact) mass is 431 g/mol. The van der Waals surface area contributed by atoms with Gasteiger partial charge < -0.3 is 19.0 Å². The van der Waals surface area contributed by atoms with Gasteiger partial charge in [0, 0.05) is 56.0 Å². The lowest BCUT2D eigenvalue weighted by Gasteiger charge is -2.34. The summed E-state index contributed by atoms with van der Waals surface area (Å²) in [6.07, 6.45) is 4.45. The minimum absolute atomic E-state index is 0.176. The van der Waals surface area contributed by atoms with Crippen LogP contribution >= 0.6 is 0 Å². The lowest BCUT2D eigenvalue weighted by molar-refractivity contribution is -0.132. The third-order valence-electron chi connectivity index (χ3n) is 6.50. The SMILES string of the molecule is COc1ccc2[nH]cc(CC(=O)N3CCN(Cc4c(C)nc5cc(C)ccn45)CC3)c2c1. The van der Waals surface area contributed by atoms with Gasteiger partial charge in [-0.3, -0.25) is 9.69 Å². The Hall–Kier alpha value is -3.32. The number of hydrogen-bond acceptors (Lipinski definition) is 4. The number of aromatic nitrogens is 3. The van der Waals surface area contributed by atoms with Crippen LogP contribution in [-0.2, 0) is 17.8 Å². The first-order chi connectivity index (χ1) is 15.5. The van der Waals surface area contributed by atoms with Gasteiger partial charge in [-0.25, -0.2) is 4.98 Å². The molecule has 1 saturated heterocycles. The zero-order valence-corrected chi connectivity index (χ0v) is 18.9. The first-order valence-electron chi connectivity index (χ1n) is 11.1. The molecule has 0 aliphatic carbocycles. The molecule has 1 fully saturated rings. The van der Waals surface area contributed by atoms with E-state index in [4.69, 9.17) is 9.72 Å². The molecule has 1 aliphatic heterocycles. The minimum atomic E-state index is 0.176. The number of carbonyl (C=O) groups is 1. The Labute approximate surface area is 187 Å². The summed E-state index contributed by atoms with van der Waals surface area (Å²) >= 11 is 0. The molecule has 4 heterocycles. The molecule has 7 heteroatoms. The number of aromatic amines is 1. The quantitative estimate of drug-likeness (QED) is 0.526. The first-order valence-corrected chi connectivity index (χ1v) is 11.1. The van der Waals surface area contributed by atoms with E-state index in [1.807, 2.05) is 29.3 Å². The van der Waals surface area contributed by atoms with Crippen molar-refractivity contribution >= 4 is 22.5 Å². The number of amides is 1. The maximum Gasteiger partial charge on any atom is 0.227 e. The second kappa shape index (κ2) is 8.31. The Bertz CT molecular complexity index is 1280. The maximum atomic E-state index is 13.0. The van der Waals surface area contributed by atoms with Crippen LogP contribution < -0.4 is 4.74 Å². The van der Waals surface area contributed by atoms with E-state index in [0.717, 1.165) is 66.3 Å². The summed E-state index contributed by atoms with van der Waals surface area (Å²) in [5.41, 5.74) is 6.56. The van der Waals surface area contributed by atoms with Gasteiger partial charge in [-0.05, 0) is 55.3 Å². The standard InChI is InChI=1S/C25H29N5O2/c1-17-6-7-30-23(18(2)27-24(30)12-17)16-28-8-10-29(11-9-28)25(31)13-19-15-26-22-5-4-20(32-3)14-21(19)22/h4-7,12,14-15,26H,8-11,13,16H2,1-3H3. The number of fused-ring (bicyclic) bond motifs is 2. The first kappa shape index (κ1) is 20.6. The zero-order valence-electron chi connectivity index (χ0n) is 18.9. The smallest absolute Gasteiger partial charge is 0.227 e. The summed E-state index contributed by atoms with van der Waals surface area (Å²) in [7, 11) is 1.66. The third kappa shape index (κ3) is 3.84. The Kier molecular flexibility index (Phi) is 5.35. The van der Waals surface area contributed by atoms with Crippen LogP contribution in [0.15, 0.2) is 42.7 Å². The Morgan fingerprint density at radius 1 is 1.12 bits per heavy atom. The number of ether oxygens (including phenoxy) is 1. The van der Waals surface area contributed by atoms with Crippen molar-refractivity contribution in [3.05, 3.63) is 65.2 Å². The molecule has 0 atom stereocenters. The van der Waals surface area contributed by atoms with Crippen molar-refractivity contribution in [3.63, 3.8) is 0 Å². The van der Waals surface area contributed by atoms with E-state index in [0.29, 0.717) is 6.42 Å². The van der Waals surface area contributed by atoms with Crippen molar-refractivity contribution in [2.75, 3.05) is 33.3 Å². The van der Waals surface area contributed by atoms with Gasteiger partial charge in [0.05, 0.1) is 24.9 Å². The summed E-state index contributed by atoms with van der Waals surface area (Å²) < 4.78 is 7.53. The molecule has 1 amide bonds. The molecule has 1 aromatic carbocycles. The number of pyridine rings is 1. The van der Waals surface area contributed by atoms with Gasteiger partial charge in [0.25, 0.3) is 0 Å². The summed E-state index contributed by atoms with van der Waals surface area (Å²) in [5.74, 6) is 0.979. The van der Waals surface area contributed by atoms with E-state index in [1.165, 1.54) is 11.3 Å². The lowest BCUT2D eigenvalue weighted by atomic mass is 10.1. The Balaban J connectivity index is 1.22. The normalized spacial score (nSPS) is 15.0. The summed E-state index contributed by atoms with van der Waals surface area (Å²) in [6, 6.07) is 10.1. The van der Waals surface area contributed by atoms with Crippen LogP contribution in [0.1, 0.15) is 22.5 Å². The predicted molar refractivity (Wildman–Crippen MR) is 125 cm³/mol. The van der Waals surface area contributed by atoms with Crippen molar-refractivity contribution in [2.24, 2.45) is 0 Å². The second-order valence-electron chi connectivity index (χ2n) is 8.64. The largest absolute Gasteiger partial charge is 0.497 e. The number of imidazole rings is 1. The number of hydrogen-bond donors (Lipinski definition) is 1. The van der Waals surface area contributed by atoms with Crippen molar-refractivity contribution in [1.29, 1.82) is 0 Å². The van der Waals surface area contributed by atoms with Crippen LogP contribution in [0.4, 0.5) is 0 Å². The van der Waals surface area contributed by atoms with Crippen molar-refractivity contribution in [3.8, 4) is 5.75 Å². The van der Waals surface area contributed by atoms with Crippen molar-refractivity contribution < 1.29 is 9.53 Å². The van der Waals surface area contributed by atoms with E-state index in [2.05, 4.69) is 46.5 Å². The number of H-pyrrole nitrogens is 1. The van der Waals surface area contributed by atoms with Gasteiger partial charge in [-0.1, -0.05) is 0 Å². The second-order valence-corrected chi connectivity index (χ2v) is 8.64. The molecule has 0 unspecified atom stereocenters. The van der Waals surface area contributed by atoms with Gasteiger partial charge in [-0.2, -0.15) is 0 Å². The predicted octanol–water partition coefficient (Wildman–Crippen LogP) is 3.33. The van der Waals surface area contributed by atoms with Crippen LogP contribution in [0.5, 0.6) is 5.75 Å². The minimum Gasteiger partial charge on any atom is -0.497 e. The number of nitrogens with zero attached hydrogens (tertiary/aromatic N) is 4. The molecule has 0 bridgehead atoms. The average Bonchev–Trinajstić information content (AvgIpc) is 3.33. The molecular weight excluding hydrogens is 402 g/mol. The van der Waals surface area contributed by atoms with Gasteiger partial charge in [0.15, 0.2) is 0 Å². The van der Waals surface area contributed by atoms with E-state index in [9.17, 15) is 4.79 Å². The van der Waals surface area contributed by atoms with E-state index in [1.54, 1.807) is 7.11 Å². The fourth-order valence-corrected chi connectivity index (χ4v) is 4.58. The highest BCUT2D eigenvalue weighted by Gasteiger charge is 2.23. The molecule has 4 aromatic rings. The average molecular weight is 432 g/mol. The Morgan fingerprint density at radius 3 is 2.72 bits per heavy atom. The molecule has 166 valence electrons.